The van der Waals surface area contributed by atoms with Gasteiger partial charge in [0.2, 0.25) is 10.0 Å². The van der Waals surface area contributed by atoms with Gasteiger partial charge in [0, 0.05) is 19.2 Å². The third-order valence-corrected chi connectivity index (χ3v) is 6.74. The number of rotatable bonds is 8. The first kappa shape index (κ1) is 21.9. The van der Waals surface area contributed by atoms with Crippen LogP contribution in [0.3, 0.4) is 0 Å². The highest BCUT2D eigenvalue weighted by Crippen LogP contribution is 2.29. The average Bonchev–Trinajstić information content (AvgIpc) is 2.78. The van der Waals surface area contributed by atoms with E-state index in [4.69, 9.17) is 14.2 Å². The van der Waals surface area contributed by atoms with Crippen LogP contribution in [0.5, 0.6) is 17.2 Å². The van der Waals surface area contributed by atoms with Gasteiger partial charge >= 0.3 is 0 Å². The fraction of sp³-hybridized carbons (Fsp3) is 0.381. The molecule has 2 aromatic rings. The molecule has 0 spiro atoms. The lowest BCUT2D eigenvalue weighted by Crippen LogP contribution is -2.35. The van der Waals surface area contributed by atoms with Crippen molar-refractivity contribution in [3.05, 3.63) is 42.5 Å². The maximum absolute atomic E-state index is 12.7. The van der Waals surface area contributed by atoms with Gasteiger partial charge in [0.25, 0.3) is 5.91 Å². The minimum Gasteiger partial charge on any atom is -0.497 e. The number of benzene rings is 2. The Morgan fingerprint density at radius 2 is 1.63 bits per heavy atom. The SMILES string of the molecule is COc1ccc(OC)c(NC(=O)COc2ccc(S(=O)(=O)N3CCCCC3)cc2)c1. The average molecular weight is 435 g/mol. The Labute approximate surface area is 176 Å². The van der Waals surface area contributed by atoms with Crippen molar-refractivity contribution in [2.75, 3.05) is 39.2 Å². The summed E-state index contributed by atoms with van der Waals surface area (Å²) in [5.74, 6) is 1.10. The lowest BCUT2D eigenvalue weighted by molar-refractivity contribution is -0.118. The molecule has 3 rings (SSSR count). The van der Waals surface area contributed by atoms with Crippen molar-refractivity contribution < 1.29 is 27.4 Å². The number of amides is 1. The molecule has 1 aliphatic rings. The third-order valence-electron chi connectivity index (χ3n) is 4.83. The van der Waals surface area contributed by atoms with Gasteiger partial charge in [-0.05, 0) is 49.2 Å². The van der Waals surface area contributed by atoms with Crippen LogP contribution in [-0.4, -0.2) is 52.5 Å². The van der Waals surface area contributed by atoms with Crippen LogP contribution >= 0.6 is 0 Å². The van der Waals surface area contributed by atoms with Crippen molar-refractivity contribution in [1.29, 1.82) is 0 Å². The number of sulfonamides is 1. The molecule has 1 heterocycles. The van der Waals surface area contributed by atoms with Crippen molar-refractivity contribution in [2.24, 2.45) is 0 Å². The zero-order chi connectivity index (χ0) is 21.6. The van der Waals surface area contributed by atoms with Crippen molar-refractivity contribution in [1.82, 2.24) is 4.31 Å². The summed E-state index contributed by atoms with van der Waals surface area (Å²) >= 11 is 0. The van der Waals surface area contributed by atoms with Crippen LogP contribution in [0.2, 0.25) is 0 Å². The molecule has 0 unspecified atom stereocenters. The quantitative estimate of drug-likeness (QED) is 0.687. The molecule has 2 aromatic carbocycles. The first-order chi connectivity index (χ1) is 14.4. The zero-order valence-electron chi connectivity index (χ0n) is 17.1. The Morgan fingerprint density at radius 1 is 0.967 bits per heavy atom. The molecular weight excluding hydrogens is 408 g/mol. The third kappa shape index (κ3) is 5.22. The number of carbonyl (C=O) groups is 1. The number of methoxy groups -OCH3 is 2. The summed E-state index contributed by atoms with van der Waals surface area (Å²) in [5, 5.41) is 2.71. The number of ether oxygens (including phenoxy) is 3. The molecule has 0 radical (unpaired) electrons. The minimum absolute atomic E-state index is 0.224. The molecule has 1 aliphatic heterocycles. The molecule has 0 atom stereocenters. The minimum atomic E-state index is -3.49. The fourth-order valence-corrected chi connectivity index (χ4v) is 4.73. The van der Waals surface area contributed by atoms with E-state index in [0.717, 1.165) is 19.3 Å². The van der Waals surface area contributed by atoms with Gasteiger partial charge in [0.05, 0.1) is 24.8 Å². The Balaban J connectivity index is 1.59. The van der Waals surface area contributed by atoms with E-state index in [0.29, 0.717) is 36.0 Å². The van der Waals surface area contributed by atoms with E-state index in [1.54, 1.807) is 30.3 Å². The maximum Gasteiger partial charge on any atom is 0.262 e. The Morgan fingerprint density at radius 3 is 2.27 bits per heavy atom. The number of carbonyl (C=O) groups excluding carboxylic acids is 1. The number of hydrogen-bond donors (Lipinski definition) is 1. The summed E-state index contributed by atoms with van der Waals surface area (Å²) in [7, 11) is -0.452. The molecule has 9 heteroatoms. The molecule has 1 N–H and O–H groups in total. The van der Waals surface area contributed by atoms with E-state index in [-0.39, 0.29) is 17.4 Å². The molecular formula is C21H26N2O6S. The van der Waals surface area contributed by atoms with Crippen LogP contribution in [-0.2, 0) is 14.8 Å². The van der Waals surface area contributed by atoms with Crippen LogP contribution in [0.25, 0.3) is 0 Å². The predicted molar refractivity (Wildman–Crippen MR) is 113 cm³/mol. The Hall–Kier alpha value is -2.78. The highest BCUT2D eigenvalue weighted by Gasteiger charge is 2.25. The fourth-order valence-electron chi connectivity index (χ4n) is 3.21. The lowest BCUT2D eigenvalue weighted by atomic mass is 10.2. The number of nitrogens with one attached hydrogen (secondary N) is 1. The van der Waals surface area contributed by atoms with Gasteiger partial charge in [-0.2, -0.15) is 4.31 Å². The molecule has 1 fully saturated rings. The van der Waals surface area contributed by atoms with Crippen LogP contribution < -0.4 is 19.5 Å². The molecule has 0 aliphatic carbocycles. The smallest absolute Gasteiger partial charge is 0.262 e. The number of nitrogens with zero attached hydrogens (tertiary/aromatic N) is 1. The maximum atomic E-state index is 12.7. The second-order valence-electron chi connectivity index (χ2n) is 6.84. The summed E-state index contributed by atoms with van der Waals surface area (Å²) in [5.41, 5.74) is 0.466. The second-order valence-corrected chi connectivity index (χ2v) is 8.78. The monoisotopic (exact) mass is 434 g/mol. The topological polar surface area (TPSA) is 94.2 Å². The van der Waals surface area contributed by atoms with E-state index in [1.165, 1.54) is 30.7 Å². The second kappa shape index (κ2) is 9.82. The van der Waals surface area contributed by atoms with Gasteiger partial charge in [0.15, 0.2) is 6.61 Å². The lowest BCUT2D eigenvalue weighted by Gasteiger charge is -2.25. The van der Waals surface area contributed by atoms with Gasteiger partial charge in [-0.3, -0.25) is 4.79 Å². The molecule has 1 amide bonds. The molecule has 162 valence electrons. The van der Waals surface area contributed by atoms with E-state index in [2.05, 4.69) is 5.32 Å². The summed E-state index contributed by atoms with van der Waals surface area (Å²) in [6.07, 6.45) is 2.82. The highest BCUT2D eigenvalue weighted by atomic mass is 32.2. The van der Waals surface area contributed by atoms with Gasteiger partial charge in [0.1, 0.15) is 17.2 Å². The molecule has 8 nitrogen and oxygen atoms in total. The molecule has 0 saturated carbocycles. The van der Waals surface area contributed by atoms with Crippen molar-refractivity contribution in [3.63, 3.8) is 0 Å². The standard InChI is InChI=1S/C21H26N2O6S/c1-27-17-8-11-20(28-2)19(14-17)22-21(24)15-29-16-6-9-18(10-7-16)30(25,26)23-12-4-3-5-13-23/h6-11,14H,3-5,12-13,15H2,1-2H3,(H,22,24). The van der Waals surface area contributed by atoms with Crippen LogP contribution in [0, 0.1) is 0 Å². The molecule has 0 aromatic heterocycles. The van der Waals surface area contributed by atoms with Crippen molar-refractivity contribution >= 4 is 21.6 Å². The summed E-state index contributed by atoms with van der Waals surface area (Å²) in [4.78, 5) is 12.5. The Bertz CT molecular complexity index is 969. The van der Waals surface area contributed by atoms with Gasteiger partial charge in [-0.15, -0.1) is 0 Å². The number of anilines is 1. The number of piperidine rings is 1. The Kier molecular flexibility index (Phi) is 7.17. The van der Waals surface area contributed by atoms with Gasteiger partial charge in [-0.25, -0.2) is 8.42 Å². The van der Waals surface area contributed by atoms with Crippen LogP contribution in [0.15, 0.2) is 47.4 Å². The molecule has 1 saturated heterocycles. The highest BCUT2D eigenvalue weighted by molar-refractivity contribution is 7.89. The predicted octanol–water partition coefficient (Wildman–Crippen LogP) is 2.90. The molecule has 0 bridgehead atoms. The number of hydrogen-bond acceptors (Lipinski definition) is 6. The summed E-state index contributed by atoms with van der Waals surface area (Å²) in [6, 6.07) is 11.2. The van der Waals surface area contributed by atoms with E-state index < -0.39 is 10.0 Å². The first-order valence-electron chi connectivity index (χ1n) is 9.69. The summed E-state index contributed by atoms with van der Waals surface area (Å²) in [6.45, 7) is 0.863. The van der Waals surface area contributed by atoms with E-state index in [1.807, 2.05) is 0 Å². The summed E-state index contributed by atoms with van der Waals surface area (Å²) < 4.78 is 42.8. The van der Waals surface area contributed by atoms with E-state index >= 15 is 0 Å². The zero-order valence-corrected chi connectivity index (χ0v) is 17.9. The van der Waals surface area contributed by atoms with Crippen LogP contribution in [0.4, 0.5) is 5.69 Å². The van der Waals surface area contributed by atoms with Crippen LogP contribution in [0.1, 0.15) is 19.3 Å². The normalized spacial score (nSPS) is 14.7. The largest absolute Gasteiger partial charge is 0.497 e. The van der Waals surface area contributed by atoms with Crippen molar-refractivity contribution in [2.45, 2.75) is 24.2 Å². The first-order valence-corrected chi connectivity index (χ1v) is 11.1. The van der Waals surface area contributed by atoms with E-state index in [9.17, 15) is 13.2 Å². The van der Waals surface area contributed by atoms with Crippen molar-refractivity contribution in [3.8, 4) is 17.2 Å². The molecule has 30 heavy (non-hydrogen) atoms. The van der Waals surface area contributed by atoms with Gasteiger partial charge < -0.3 is 19.5 Å². The van der Waals surface area contributed by atoms with Gasteiger partial charge in [-0.1, -0.05) is 6.42 Å².